The molecule has 1 fully saturated rings. The number of nitrogens with zero attached hydrogens (tertiary/aromatic N) is 1. The molecule has 1 aliphatic heterocycles. The van der Waals surface area contributed by atoms with Crippen LogP contribution in [-0.4, -0.2) is 23.9 Å². The van der Waals surface area contributed by atoms with Gasteiger partial charge in [0.05, 0.1) is 30.0 Å². The highest BCUT2D eigenvalue weighted by molar-refractivity contribution is 5.56. The summed E-state index contributed by atoms with van der Waals surface area (Å²) in [7, 11) is 0. The molecule has 4 nitrogen and oxygen atoms in total. The summed E-state index contributed by atoms with van der Waals surface area (Å²) in [6.07, 6.45) is -3.71. The summed E-state index contributed by atoms with van der Waals surface area (Å²) in [5.74, 6) is 0.703. The van der Waals surface area contributed by atoms with Crippen molar-refractivity contribution < 1.29 is 22.4 Å². The van der Waals surface area contributed by atoms with Gasteiger partial charge in [-0.05, 0) is 17.7 Å². The molecular formula is C21H19F3N2O2. The number of ether oxygens (including phenoxy) is 1. The lowest BCUT2D eigenvalue weighted by atomic mass is 9.90. The number of hydrogen-bond acceptors (Lipinski definition) is 4. The fourth-order valence-corrected chi connectivity index (χ4v) is 3.20. The highest BCUT2D eigenvalue weighted by Crippen LogP contribution is 2.30. The first-order chi connectivity index (χ1) is 13.4. The van der Waals surface area contributed by atoms with E-state index in [9.17, 15) is 13.2 Å². The summed E-state index contributed by atoms with van der Waals surface area (Å²) in [5, 5.41) is 7.57. The second-order valence-electron chi connectivity index (χ2n) is 7.05. The Hall–Kier alpha value is -2.64. The van der Waals surface area contributed by atoms with Gasteiger partial charge in [0.2, 0.25) is 0 Å². The lowest BCUT2D eigenvalue weighted by molar-refractivity contribution is -0.137. The van der Waals surface area contributed by atoms with Crippen molar-refractivity contribution in [2.24, 2.45) is 0 Å². The largest absolute Gasteiger partial charge is 0.416 e. The van der Waals surface area contributed by atoms with Crippen molar-refractivity contribution in [3.63, 3.8) is 0 Å². The predicted octanol–water partition coefficient (Wildman–Crippen LogP) is 4.46. The minimum Gasteiger partial charge on any atom is -0.377 e. The maximum absolute atomic E-state index is 12.7. The van der Waals surface area contributed by atoms with Gasteiger partial charge in [-0.1, -0.05) is 47.6 Å². The molecule has 7 heteroatoms. The van der Waals surface area contributed by atoms with Gasteiger partial charge in [0.15, 0.2) is 5.76 Å². The monoisotopic (exact) mass is 388 g/mol. The standard InChI is InChI=1S/C21H19F3N2O2/c22-21(23,24)17-8-6-15(7-9-17)12-25-20(13-27-14-20)11-18-10-19(28-26-18)16-4-2-1-3-5-16/h1-10,25H,11-14H2. The Bertz CT molecular complexity index is 917. The molecule has 4 rings (SSSR count). The van der Waals surface area contributed by atoms with E-state index in [1.165, 1.54) is 12.1 Å². The Morgan fingerprint density at radius 2 is 1.71 bits per heavy atom. The number of alkyl halides is 3. The van der Waals surface area contributed by atoms with Crippen molar-refractivity contribution in [2.45, 2.75) is 24.7 Å². The van der Waals surface area contributed by atoms with Crippen molar-refractivity contribution in [2.75, 3.05) is 13.2 Å². The van der Waals surface area contributed by atoms with Crippen molar-refractivity contribution >= 4 is 0 Å². The van der Waals surface area contributed by atoms with Gasteiger partial charge in [0.1, 0.15) is 0 Å². The quantitative estimate of drug-likeness (QED) is 0.677. The first-order valence-electron chi connectivity index (χ1n) is 8.94. The maximum atomic E-state index is 12.7. The molecule has 2 heterocycles. The third kappa shape index (κ3) is 4.10. The molecule has 0 saturated carbocycles. The summed E-state index contributed by atoms with van der Waals surface area (Å²) in [5.41, 5.74) is 1.60. The molecule has 0 atom stereocenters. The summed E-state index contributed by atoms with van der Waals surface area (Å²) >= 11 is 0. The average Bonchev–Trinajstić information content (AvgIpc) is 3.13. The van der Waals surface area contributed by atoms with E-state index in [4.69, 9.17) is 9.26 Å². The van der Waals surface area contributed by atoms with Crippen molar-refractivity contribution in [3.8, 4) is 11.3 Å². The summed E-state index contributed by atoms with van der Waals surface area (Å²) in [6, 6.07) is 16.8. The van der Waals surface area contributed by atoms with Gasteiger partial charge in [0, 0.05) is 24.6 Å². The molecule has 1 saturated heterocycles. The Morgan fingerprint density at radius 3 is 2.32 bits per heavy atom. The lowest BCUT2D eigenvalue weighted by Gasteiger charge is -2.42. The van der Waals surface area contributed by atoms with Crippen LogP contribution in [0.2, 0.25) is 0 Å². The normalized spacial score (nSPS) is 16.0. The van der Waals surface area contributed by atoms with Crippen molar-refractivity contribution in [3.05, 3.63) is 77.5 Å². The van der Waals surface area contributed by atoms with Gasteiger partial charge in [-0.25, -0.2) is 0 Å². The summed E-state index contributed by atoms with van der Waals surface area (Å²) in [6.45, 7) is 1.48. The zero-order valence-corrected chi connectivity index (χ0v) is 15.0. The third-order valence-corrected chi connectivity index (χ3v) is 4.84. The smallest absolute Gasteiger partial charge is 0.377 e. The molecule has 146 valence electrons. The van der Waals surface area contributed by atoms with E-state index in [1.54, 1.807) is 0 Å². The van der Waals surface area contributed by atoms with Crippen LogP contribution >= 0.6 is 0 Å². The Labute approximate surface area is 160 Å². The maximum Gasteiger partial charge on any atom is 0.416 e. The second-order valence-corrected chi connectivity index (χ2v) is 7.05. The second kappa shape index (κ2) is 7.41. The molecule has 0 unspecified atom stereocenters. The highest BCUT2D eigenvalue weighted by atomic mass is 19.4. The van der Waals surface area contributed by atoms with Crippen LogP contribution in [0.1, 0.15) is 16.8 Å². The SMILES string of the molecule is FC(F)(F)c1ccc(CNC2(Cc3cc(-c4ccccc4)on3)COC2)cc1. The first-order valence-corrected chi connectivity index (χ1v) is 8.94. The molecule has 2 aromatic carbocycles. The van der Waals surface area contributed by atoms with Crippen LogP contribution in [0.25, 0.3) is 11.3 Å². The molecule has 1 aromatic heterocycles. The molecule has 0 radical (unpaired) electrons. The number of benzene rings is 2. The molecule has 0 spiro atoms. The molecule has 0 bridgehead atoms. The lowest BCUT2D eigenvalue weighted by Crippen LogP contribution is -2.61. The van der Waals surface area contributed by atoms with E-state index >= 15 is 0 Å². The number of halogens is 3. The van der Waals surface area contributed by atoms with Crippen LogP contribution in [0.3, 0.4) is 0 Å². The minimum absolute atomic E-state index is 0.298. The van der Waals surface area contributed by atoms with Crippen molar-refractivity contribution in [1.29, 1.82) is 0 Å². The van der Waals surface area contributed by atoms with E-state index < -0.39 is 11.7 Å². The molecule has 28 heavy (non-hydrogen) atoms. The fourth-order valence-electron chi connectivity index (χ4n) is 3.20. The topological polar surface area (TPSA) is 47.3 Å². The van der Waals surface area contributed by atoms with Crippen molar-refractivity contribution in [1.82, 2.24) is 10.5 Å². The van der Waals surface area contributed by atoms with Crippen LogP contribution in [0.4, 0.5) is 13.2 Å². The predicted molar refractivity (Wildman–Crippen MR) is 97.5 cm³/mol. The Balaban J connectivity index is 1.40. The van der Waals surface area contributed by atoms with Gasteiger partial charge >= 0.3 is 6.18 Å². The minimum atomic E-state index is -4.32. The fraction of sp³-hybridized carbons (Fsp3) is 0.286. The van der Waals surface area contributed by atoms with Gasteiger partial charge in [-0.2, -0.15) is 13.2 Å². The molecule has 0 aliphatic carbocycles. The van der Waals surface area contributed by atoms with Gasteiger partial charge in [-0.3, -0.25) is 0 Å². The number of aromatic nitrogens is 1. The molecule has 3 aromatic rings. The van der Waals surface area contributed by atoms with Crippen LogP contribution in [0.5, 0.6) is 0 Å². The van der Waals surface area contributed by atoms with Gasteiger partial charge in [0.25, 0.3) is 0 Å². The molecular weight excluding hydrogens is 369 g/mol. The van der Waals surface area contributed by atoms with Crippen LogP contribution in [-0.2, 0) is 23.9 Å². The Morgan fingerprint density at radius 1 is 1.00 bits per heavy atom. The first kappa shape index (κ1) is 18.7. The van der Waals surface area contributed by atoms with E-state index in [1.807, 2.05) is 36.4 Å². The summed E-state index contributed by atoms with van der Waals surface area (Å²) in [4.78, 5) is 0. The van der Waals surface area contributed by atoms with E-state index in [2.05, 4.69) is 10.5 Å². The Kier molecular flexibility index (Phi) is 4.95. The number of nitrogens with one attached hydrogen (secondary N) is 1. The number of rotatable bonds is 6. The third-order valence-electron chi connectivity index (χ3n) is 4.84. The molecule has 0 amide bonds. The average molecular weight is 388 g/mol. The van der Waals surface area contributed by atoms with Crippen LogP contribution < -0.4 is 5.32 Å². The van der Waals surface area contributed by atoms with Crippen LogP contribution in [0, 0.1) is 0 Å². The van der Waals surface area contributed by atoms with E-state index in [0.29, 0.717) is 31.9 Å². The molecule has 1 N–H and O–H groups in total. The van der Waals surface area contributed by atoms with E-state index in [-0.39, 0.29) is 5.54 Å². The number of hydrogen-bond donors (Lipinski definition) is 1. The zero-order valence-electron chi connectivity index (χ0n) is 15.0. The van der Waals surface area contributed by atoms with Gasteiger partial charge in [-0.15, -0.1) is 0 Å². The van der Waals surface area contributed by atoms with Gasteiger partial charge < -0.3 is 14.6 Å². The van der Waals surface area contributed by atoms with E-state index in [0.717, 1.165) is 29.0 Å². The highest BCUT2D eigenvalue weighted by Gasteiger charge is 2.39. The molecule has 1 aliphatic rings. The summed E-state index contributed by atoms with van der Waals surface area (Å²) < 4.78 is 48.9. The van der Waals surface area contributed by atoms with Crippen LogP contribution in [0.15, 0.2) is 65.2 Å². The zero-order chi connectivity index (χ0) is 19.6.